The van der Waals surface area contributed by atoms with E-state index in [1.165, 1.54) is 18.0 Å². The van der Waals surface area contributed by atoms with E-state index in [1.54, 1.807) is 11.6 Å². The molecule has 1 aromatic carbocycles. The Kier molecular flexibility index (Phi) is 6.19. The highest BCUT2D eigenvalue weighted by atomic mass is 32.2. The van der Waals surface area contributed by atoms with E-state index < -0.39 is 5.97 Å². The molecule has 0 aliphatic carbocycles. The minimum atomic E-state index is -0.680. The number of aromatic nitrogens is 3. The first-order chi connectivity index (χ1) is 12.0. The molecule has 0 fully saturated rings. The van der Waals surface area contributed by atoms with Crippen LogP contribution in [0.3, 0.4) is 0 Å². The van der Waals surface area contributed by atoms with Crippen LogP contribution in [0.15, 0.2) is 35.1 Å². The Balaban J connectivity index is 2.44. The molecule has 7 nitrogen and oxygen atoms in total. The fraction of sp³-hybridized carbons (Fsp3) is 0.294. The van der Waals surface area contributed by atoms with Gasteiger partial charge in [-0.1, -0.05) is 30.0 Å². The standard InChI is InChI=1S/C17H19N5O2S/c1-5-24-15(23)13(9-18)10-19-16-20-17(25-4)21-22(16)14-11(2)7-6-8-12(14)3/h6-8,10H,5H2,1-4H3,(H,19,20,21)/b13-10-. The third-order valence-corrected chi connectivity index (χ3v) is 3.92. The van der Waals surface area contributed by atoms with Gasteiger partial charge in [0.2, 0.25) is 11.1 Å². The van der Waals surface area contributed by atoms with Crippen LogP contribution >= 0.6 is 11.8 Å². The molecule has 0 bridgehead atoms. The number of aryl methyl sites for hydroxylation is 2. The molecule has 2 rings (SSSR count). The number of rotatable bonds is 6. The first kappa shape index (κ1) is 18.5. The van der Waals surface area contributed by atoms with Gasteiger partial charge in [-0.3, -0.25) is 0 Å². The van der Waals surface area contributed by atoms with Gasteiger partial charge in [-0.2, -0.15) is 14.9 Å². The molecule has 8 heteroatoms. The van der Waals surface area contributed by atoms with Crippen molar-refractivity contribution in [2.24, 2.45) is 0 Å². The molecule has 1 aromatic heterocycles. The minimum absolute atomic E-state index is 0.136. The van der Waals surface area contributed by atoms with E-state index in [9.17, 15) is 4.79 Å². The zero-order chi connectivity index (χ0) is 18.4. The monoisotopic (exact) mass is 357 g/mol. The number of ether oxygens (including phenoxy) is 1. The lowest BCUT2D eigenvalue weighted by Crippen LogP contribution is -2.10. The number of nitriles is 1. The number of carbonyl (C=O) groups is 1. The summed E-state index contributed by atoms with van der Waals surface area (Å²) in [6.07, 6.45) is 3.17. The van der Waals surface area contributed by atoms with Crippen molar-refractivity contribution < 1.29 is 9.53 Å². The van der Waals surface area contributed by atoms with E-state index >= 15 is 0 Å². The van der Waals surface area contributed by atoms with Crippen molar-refractivity contribution in [2.45, 2.75) is 25.9 Å². The van der Waals surface area contributed by atoms with E-state index in [-0.39, 0.29) is 12.2 Å². The quantitative estimate of drug-likeness (QED) is 0.368. The zero-order valence-electron chi connectivity index (χ0n) is 14.5. The number of carbonyl (C=O) groups excluding carboxylic acids is 1. The van der Waals surface area contributed by atoms with Crippen molar-refractivity contribution in [1.29, 1.82) is 5.26 Å². The Morgan fingerprint density at radius 2 is 2.12 bits per heavy atom. The molecule has 0 amide bonds. The van der Waals surface area contributed by atoms with Crippen LogP contribution in [-0.2, 0) is 9.53 Å². The third kappa shape index (κ3) is 4.19. The van der Waals surface area contributed by atoms with Crippen LogP contribution in [0.4, 0.5) is 5.95 Å². The third-order valence-electron chi connectivity index (χ3n) is 3.38. The lowest BCUT2D eigenvalue weighted by Gasteiger charge is -2.11. The van der Waals surface area contributed by atoms with Gasteiger partial charge in [0.25, 0.3) is 0 Å². The van der Waals surface area contributed by atoms with Gasteiger partial charge in [-0.05, 0) is 38.2 Å². The molecule has 0 saturated carbocycles. The van der Waals surface area contributed by atoms with Crippen molar-refractivity contribution in [3.63, 3.8) is 0 Å². The molecule has 0 atom stereocenters. The smallest absolute Gasteiger partial charge is 0.350 e. The molecule has 0 aliphatic heterocycles. The molecule has 0 aliphatic rings. The number of hydrogen-bond donors (Lipinski definition) is 1. The molecule has 0 saturated heterocycles. The average Bonchev–Trinajstić information content (AvgIpc) is 2.98. The average molecular weight is 357 g/mol. The minimum Gasteiger partial charge on any atom is -0.462 e. The van der Waals surface area contributed by atoms with E-state index in [4.69, 9.17) is 10.00 Å². The Morgan fingerprint density at radius 1 is 1.44 bits per heavy atom. The SMILES string of the molecule is CCOC(=O)/C(C#N)=C\Nc1nc(SC)nn1-c1c(C)cccc1C. The summed E-state index contributed by atoms with van der Waals surface area (Å²) in [5.74, 6) is -0.264. The molecule has 130 valence electrons. The van der Waals surface area contributed by atoms with Gasteiger partial charge >= 0.3 is 5.97 Å². The normalized spacial score (nSPS) is 11.1. The number of para-hydroxylation sites is 1. The summed E-state index contributed by atoms with van der Waals surface area (Å²) < 4.78 is 6.52. The molecular weight excluding hydrogens is 338 g/mol. The summed E-state index contributed by atoms with van der Waals surface area (Å²) in [6, 6.07) is 7.77. The summed E-state index contributed by atoms with van der Waals surface area (Å²) in [7, 11) is 0. The Hall–Kier alpha value is -2.79. The predicted molar refractivity (Wildman–Crippen MR) is 96.6 cm³/mol. The van der Waals surface area contributed by atoms with Crippen molar-refractivity contribution in [3.8, 4) is 11.8 Å². The van der Waals surface area contributed by atoms with E-state index in [2.05, 4.69) is 15.4 Å². The predicted octanol–water partition coefficient (Wildman–Crippen LogP) is 2.99. The van der Waals surface area contributed by atoms with Gasteiger partial charge in [-0.25, -0.2) is 4.79 Å². The van der Waals surface area contributed by atoms with Crippen LogP contribution in [0.2, 0.25) is 0 Å². The fourth-order valence-electron chi connectivity index (χ4n) is 2.25. The lowest BCUT2D eigenvalue weighted by atomic mass is 10.1. The van der Waals surface area contributed by atoms with Gasteiger partial charge in [0, 0.05) is 6.20 Å². The van der Waals surface area contributed by atoms with Crippen LogP contribution in [0, 0.1) is 25.2 Å². The first-order valence-electron chi connectivity index (χ1n) is 7.63. The Labute approximate surface area is 150 Å². The second-order valence-corrected chi connectivity index (χ2v) is 5.88. The Morgan fingerprint density at radius 3 is 2.68 bits per heavy atom. The van der Waals surface area contributed by atoms with E-state index in [1.807, 2.05) is 44.4 Å². The summed E-state index contributed by atoms with van der Waals surface area (Å²) in [5.41, 5.74) is 2.84. The second-order valence-electron chi connectivity index (χ2n) is 5.11. The number of nitrogens with zero attached hydrogens (tertiary/aromatic N) is 4. The first-order valence-corrected chi connectivity index (χ1v) is 8.85. The molecule has 2 aromatic rings. The van der Waals surface area contributed by atoms with Gasteiger partial charge < -0.3 is 10.1 Å². The van der Waals surface area contributed by atoms with Gasteiger partial charge in [0.1, 0.15) is 6.07 Å². The molecule has 1 heterocycles. The fourth-order valence-corrected chi connectivity index (χ4v) is 2.59. The van der Waals surface area contributed by atoms with Crippen molar-refractivity contribution in [2.75, 3.05) is 18.2 Å². The molecule has 25 heavy (non-hydrogen) atoms. The van der Waals surface area contributed by atoms with E-state index in [0.717, 1.165) is 16.8 Å². The van der Waals surface area contributed by atoms with Crippen LogP contribution in [0.25, 0.3) is 5.69 Å². The topological polar surface area (TPSA) is 92.8 Å². The zero-order valence-corrected chi connectivity index (χ0v) is 15.3. The number of benzene rings is 1. The molecular formula is C17H19N5O2S. The van der Waals surface area contributed by atoms with Crippen LogP contribution in [0.1, 0.15) is 18.1 Å². The highest BCUT2D eigenvalue weighted by molar-refractivity contribution is 7.98. The highest BCUT2D eigenvalue weighted by Gasteiger charge is 2.15. The number of hydrogen-bond acceptors (Lipinski definition) is 7. The lowest BCUT2D eigenvalue weighted by molar-refractivity contribution is -0.138. The van der Waals surface area contributed by atoms with Gasteiger partial charge in [0.15, 0.2) is 5.57 Å². The molecule has 0 spiro atoms. The number of nitrogens with one attached hydrogen (secondary N) is 1. The van der Waals surface area contributed by atoms with E-state index in [0.29, 0.717) is 11.1 Å². The molecule has 0 unspecified atom stereocenters. The van der Waals surface area contributed by atoms with Crippen LogP contribution < -0.4 is 5.32 Å². The Bertz CT molecular complexity index is 831. The maximum absolute atomic E-state index is 11.7. The molecule has 0 radical (unpaired) electrons. The van der Waals surface area contributed by atoms with Gasteiger partial charge in [0.05, 0.1) is 12.3 Å². The number of thioether (sulfide) groups is 1. The van der Waals surface area contributed by atoms with Crippen LogP contribution in [-0.4, -0.2) is 33.6 Å². The number of anilines is 1. The summed E-state index contributed by atoms with van der Waals surface area (Å²) >= 11 is 1.40. The maximum atomic E-state index is 11.7. The van der Waals surface area contributed by atoms with Crippen molar-refractivity contribution >= 4 is 23.7 Å². The largest absolute Gasteiger partial charge is 0.462 e. The van der Waals surface area contributed by atoms with Crippen LogP contribution in [0.5, 0.6) is 0 Å². The van der Waals surface area contributed by atoms with Crippen molar-refractivity contribution in [1.82, 2.24) is 14.8 Å². The summed E-state index contributed by atoms with van der Waals surface area (Å²) in [4.78, 5) is 16.1. The highest BCUT2D eigenvalue weighted by Crippen LogP contribution is 2.24. The van der Waals surface area contributed by atoms with Gasteiger partial charge in [-0.15, -0.1) is 5.10 Å². The molecule has 1 N–H and O–H groups in total. The van der Waals surface area contributed by atoms with Crippen molar-refractivity contribution in [3.05, 3.63) is 41.1 Å². The second kappa shape index (κ2) is 8.35. The summed E-state index contributed by atoms with van der Waals surface area (Å²) in [5, 5.41) is 17.1. The maximum Gasteiger partial charge on any atom is 0.350 e. The number of esters is 1. The summed E-state index contributed by atoms with van der Waals surface area (Å²) in [6.45, 7) is 5.86.